The highest BCUT2D eigenvalue weighted by Gasteiger charge is 2.35. The quantitative estimate of drug-likeness (QED) is 0.681. The van der Waals surface area contributed by atoms with E-state index in [0.717, 1.165) is 22.9 Å². The Bertz CT molecular complexity index is 1120. The van der Waals surface area contributed by atoms with Gasteiger partial charge in [0.2, 0.25) is 17.8 Å². The summed E-state index contributed by atoms with van der Waals surface area (Å²) in [6, 6.07) is 7.21. The molecule has 0 spiro atoms. The third-order valence-electron chi connectivity index (χ3n) is 5.50. The Labute approximate surface area is 180 Å². The van der Waals surface area contributed by atoms with Gasteiger partial charge >= 0.3 is 0 Å². The van der Waals surface area contributed by atoms with Crippen molar-refractivity contribution >= 4 is 23.2 Å². The van der Waals surface area contributed by atoms with Crippen molar-refractivity contribution in [1.82, 2.24) is 19.5 Å². The van der Waals surface area contributed by atoms with E-state index < -0.39 is 5.92 Å². The molecule has 31 heavy (non-hydrogen) atoms. The Balaban J connectivity index is 1.43. The largest absolute Gasteiger partial charge is 0.497 e. The van der Waals surface area contributed by atoms with Crippen LogP contribution in [0.1, 0.15) is 23.6 Å². The molecule has 160 valence electrons. The van der Waals surface area contributed by atoms with Gasteiger partial charge in [-0.2, -0.15) is 0 Å². The molecule has 1 atom stereocenters. The highest BCUT2D eigenvalue weighted by atomic mass is 16.5. The minimum Gasteiger partial charge on any atom is -0.497 e. The van der Waals surface area contributed by atoms with Gasteiger partial charge in [0.25, 0.3) is 0 Å². The average Bonchev–Trinajstić information content (AvgIpc) is 3.28. The van der Waals surface area contributed by atoms with E-state index in [1.807, 2.05) is 37.5 Å². The number of anilines is 2. The van der Waals surface area contributed by atoms with Crippen LogP contribution in [-0.4, -0.2) is 45.0 Å². The molecule has 0 bridgehead atoms. The molecule has 1 unspecified atom stereocenters. The Hall–Kier alpha value is -3.75. The number of aryl methyl sites for hydroxylation is 2. The highest BCUT2D eigenvalue weighted by Crippen LogP contribution is 2.27. The van der Waals surface area contributed by atoms with Crippen LogP contribution in [0.15, 0.2) is 36.7 Å². The van der Waals surface area contributed by atoms with Crippen molar-refractivity contribution < 1.29 is 14.3 Å². The van der Waals surface area contributed by atoms with Crippen LogP contribution in [-0.2, 0) is 9.59 Å². The van der Waals surface area contributed by atoms with Crippen molar-refractivity contribution in [3.8, 4) is 11.7 Å². The van der Waals surface area contributed by atoms with E-state index >= 15 is 0 Å². The number of amides is 2. The van der Waals surface area contributed by atoms with Gasteiger partial charge in [0, 0.05) is 24.3 Å². The second-order valence-electron chi connectivity index (χ2n) is 7.53. The number of nitrogens with one attached hydrogen (secondary N) is 1. The number of imidazole rings is 1. The molecule has 9 nitrogen and oxygen atoms in total. The summed E-state index contributed by atoms with van der Waals surface area (Å²) in [7, 11) is 1.59. The van der Waals surface area contributed by atoms with Crippen LogP contribution in [0, 0.1) is 26.7 Å². The normalized spacial score (nSPS) is 15.9. The monoisotopic (exact) mass is 420 g/mol. The van der Waals surface area contributed by atoms with Crippen LogP contribution < -0.4 is 15.0 Å². The van der Waals surface area contributed by atoms with Crippen LogP contribution in [0.2, 0.25) is 0 Å². The second kappa shape index (κ2) is 8.17. The fraction of sp³-hybridized carbons (Fsp3) is 0.318. The molecule has 1 N–H and O–H groups in total. The van der Waals surface area contributed by atoms with E-state index in [1.54, 1.807) is 36.5 Å². The first-order valence-electron chi connectivity index (χ1n) is 9.97. The number of rotatable bonds is 5. The van der Waals surface area contributed by atoms with E-state index in [4.69, 9.17) is 4.74 Å². The Kier molecular flexibility index (Phi) is 5.41. The standard InChI is InChI=1S/C22H24N6O3/c1-13-14(2)28(15(3)25-13)22-23-10-17(11-24-22)26-21(30)16-9-20(29)27(12-16)18-5-7-19(31-4)8-6-18/h5-8,10-11,16H,9,12H2,1-4H3,(H,26,30). The molecule has 0 aliphatic carbocycles. The van der Waals surface area contributed by atoms with Crippen molar-refractivity contribution in [3.63, 3.8) is 0 Å². The van der Waals surface area contributed by atoms with Crippen molar-refractivity contribution in [2.24, 2.45) is 5.92 Å². The summed E-state index contributed by atoms with van der Waals surface area (Å²) in [5.41, 5.74) is 3.12. The third kappa shape index (κ3) is 3.98. The molecular weight excluding hydrogens is 396 g/mol. The number of carbonyl (C=O) groups excluding carboxylic acids is 2. The second-order valence-corrected chi connectivity index (χ2v) is 7.53. The van der Waals surface area contributed by atoms with Gasteiger partial charge in [-0.25, -0.2) is 15.0 Å². The molecule has 3 heterocycles. The van der Waals surface area contributed by atoms with Gasteiger partial charge in [0.05, 0.1) is 36.8 Å². The van der Waals surface area contributed by atoms with Gasteiger partial charge in [0.15, 0.2) is 0 Å². The Morgan fingerprint density at radius 3 is 2.39 bits per heavy atom. The van der Waals surface area contributed by atoms with Crippen LogP contribution in [0.3, 0.4) is 0 Å². The fourth-order valence-electron chi connectivity index (χ4n) is 3.71. The highest BCUT2D eigenvalue weighted by molar-refractivity contribution is 6.03. The molecular formula is C22H24N6O3. The summed E-state index contributed by atoms with van der Waals surface area (Å²) in [5, 5.41) is 2.82. The van der Waals surface area contributed by atoms with Crippen molar-refractivity contribution in [2.45, 2.75) is 27.2 Å². The lowest BCUT2D eigenvalue weighted by atomic mass is 10.1. The van der Waals surface area contributed by atoms with Gasteiger partial charge in [0.1, 0.15) is 11.6 Å². The van der Waals surface area contributed by atoms with Gasteiger partial charge in [-0.3, -0.25) is 14.2 Å². The molecule has 1 fully saturated rings. The van der Waals surface area contributed by atoms with E-state index in [9.17, 15) is 9.59 Å². The summed E-state index contributed by atoms with van der Waals surface area (Å²) in [6.07, 6.45) is 3.28. The maximum Gasteiger partial charge on any atom is 0.235 e. The lowest BCUT2D eigenvalue weighted by molar-refractivity contribution is -0.122. The molecule has 9 heteroatoms. The molecule has 4 rings (SSSR count). The van der Waals surface area contributed by atoms with Gasteiger partial charge < -0.3 is 15.0 Å². The van der Waals surface area contributed by atoms with Crippen LogP contribution >= 0.6 is 0 Å². The smallest absolute Gasteiger partial charge is 0.235 e. The summed E-state index contributed by atoms with van der Waals surface area (Å²) >= 11 is 0. The molecule has 1 saturated heterocycles. The van der Waals surface area contributed by atoms with Gasteiger partial charge in [-0.05, 0) is 45.0 Å². The first kappa shape index (κ1) is 20.5. The SMILES string of the molecule is COc1ccc(N2CC(C(=O)Nc3cnc(-n4c(C)nc(C)c4C)nc3)CC2=O)cc1. The average molecular weight is 420 g/mol. The predicted octanol–water partition coefficient (Wildman–Crippen LogP) is 2.59. The van der Waals surface area contributed by atoms with E-state index in [-0.39, 0.29) is 18.2 Å². The number of hydrogen-bond donors (Lipinski definition) is 1. The van der Waals surface area contributed by atoms with Gasteiger partial charge in [-0.1, -0.05) is 0 Å². The first-order valence-corrected chi connectivity index (χ1v) is 9.97. The lowest BCUT2D eigenvalue weighted by Gasteiger charge is -2.17. The maximum absolute atomic E-state index is 12.7. The number of ether oxygens (including phenoxy) is 1. The van der Waals surface area contributed by atoms with Crippen molar-refractivity contribution in [2.75, 3.05) is 23.9 Å². The Morgan fingerprint density at radius 2 is 1.81 bits per heavy atom. The van der Waals surface area contributed by atoms with E-state index in [1.165, 1.54) is 0 Å². The minimum absolute atomic E-state index is 0.0849. The summed E-state index contributed by atoms with van der Waals surface area (Å²) < 4.78 is 7.02. The zero-order valence-corrected chi connectivity index (χ0v) is 17.9. The minimum atomic E-state index is -0.449. The van der Waals surface area contributed by atoms with E-state index in [2.05, 4.69) is 20.3 Å². The third-order valence-corrected chi connectivity index (χ3v) is 5.50. The molecule has 1 aliphatic heterocycles. The van der Waals surface area contributed by atoms with Crippen LogP contribution in [0.5, 0.6) is 5.75 Å². The van der Waals surface area contributed by atoms with Crippen molar-refractivity contribution in [3.05, 3.63) is 53.9 Å². The fourth-order valence-corrected chi connectivity index (χ4v) is 3.71. The predicted molar refractivity (Wildman–Crippen MR) is 115 cm³/mol. The molecule has 0 radical (unpaired) electrons. The number of nitrogens with zero attached hydrogens (tertiary/aromatic N) is 5. The summed E-state index contributed by atoms with van der Waals surface area (Å²) in [6.45, 7) is 6.11. The number of carbonyl (C=O) groups is 2. The van der Waals surface area contributed by atoms with E-state index in [0.29, 0.717) is 23.9 Å². The van der Waals surface area contributed by atoms with Crippen molar-refractivity contribution in [1.29, 1.82) is 0 Å². The zero-order chi connectivity index (χ0) is 22.1. The Morgan fingerprint density at radius 1 is 1.13 bits per heavy atom. The number of aromatic nitrogens is 4. The molecule has 1 aromatic carbocycles. The number of hydrogen-bond acceptors (Lipinski definition) is 6. The maximum atomic E-state index is 12.7. The summed E-state index contributed by atoms with van der Waals surface area (Å²) in [4.78, 5) is 39.9. The summed E-state index contributed by atoms with van der Waals surface area (Å²) in [5.74, 6) is 1.24. The zero-order valence-electron chi connectivity index (χ0n) is 17.9. The first-order chi connectivity index (χ1) is 14.9. The number of methoxy groups -OCH3 is 1. The van der Waals surface area contributed by atoms with Crippen LogP contribution in [0.25, 0.3) is 5.95 Å². The lowest BCUT2D eigenvalue weighted by Crippen LogP contribution is -2.28. The van der Waals surface area contributed by atoms with Gasteiger partial charge in [-0.15, -0.1) is 0 Å². The molecule has 2 amide bonds. The van der Waals surface area contributed by atoms with Crippen LogP contribution in [0.4, 0.5) is 11.4 Å². The number of benzene rings is 1. The molecule has 3 aromatic rings. The molecule has 1 aliphatic rings. The molecule has 0 saturated carbocycles. The molecule has 2 aromatic heterocycles. The topological polar surface area (TPSA) is 102 Å².